The van der Waals surface area contributed by atoms with Gasteiger partial charge in [0.25, 0.3) is 0 Å². The van der Waals surface area contributed by atoms with Crippen LogP contribution >= 0.6 is 0 Å². The molecule has 0 spiro atoms. The first-order chi connectivity index (χ1) is 8.94. The van der Waals surface area contributed by atoms with E-state index in [-0.39, 0.29) is 11.5 Å². The molecule has 19 heavy (non-hydrogen) atoms. The van der Waals surface area contributed by atoms with Crippen molar-refractivity contribution in [2.24, 2.45) is 5.73 Å². The number of nitrogens with two attached hydrogens (primary N) is 1. The summed E-state index contributed by atoms with van der Waals surface area (Å²) in [5.41, 5.74) is 9.98. The fraction of sp³-hybridized carbons (Fsp3) is 0.412. The zero-order valence-corrected chi connectivity index (χ0v) is 12.2. The Bertz CT molecular complexity index is 537. The second kappa shape index (κ2) is 5.22. The van der Waals surface area contributed by atoms with E-state index in [0.29, 0.717) is 0 Å². The Morgan fingerprint density at radius 2 is 1.79 bits per heavy atom. The van der Waals surface area contributed by atoms with Crippen molar-refractivity contribution in [2.45, 2.75) is 45.6 Å². The molecule has 2 heteroatoms. The van der Waals surface area contributed by atoms with Gasteiger partial charge < -0.3 is 10.2 Å². The highest BCUT2D eigenvalue weighted by molar-refractivity contribution is 5.34. The molecule has 2 N–H and O–H groups in total. The van der Waals surface area contributed by atoms with Crippen LogP contribution < -0.4 is 5.73 Å². The van der Waals surface area contributed by atoms with E-state index < -0.39 is 0 Å². The second-order valence-electron chi connectivity index (χ2n) is 5.83. The molecule has 0 aliphatic rings. The molecule has 2 rings (SSSR count). The summed E-state index contributed by atoms with van der Waals surface area (Å²) in [6, 6.07) is 10.5. The topological polar surface area (TPSA) is 39.2 Å². The number of furan rings is 1. The second-order valence-corrected chi connectivity index (χ2v) is 5.83. The Kier molecular flexibility index (Phi) is 3.81. The first-order valence-corrected chi connectivity index (χ1v) is 6.85. The maximum Gasteiger partial charge on any atom is 0.101 e. The van der Waals surface area contributed by atoms with Gasteiger partial charge in [-0.1, -0.05) is 45.0 Å². The molecule has 0 bridgehead atoms. The lowest BCUT2D eigenvalue weighted by Gasteiger charge is -2.24. The van der Waals surface area contributed by atoms with E-state index >= 15 is 0 Å². The van der Waals surface area contributed by atoms with Crippen LogP contribution in [0.4, 0.5) is 0 Å². The predicted octanol–water partition coefficient (Wildman–Crippen LogP) is 4.32. The number of hydrogen-bond acceptors (Lipinski definition) is 2. The first kappa shape index (κ1) is 13.9. The summed E-state index contributed by atoms with van der Waals surface area (Å²) in [4.78, 5) is 0. The molecule has 0 aliphatic carbocycles. The lowest BCUT2D eigenvalue weighted by molar-refractivity contribution is 0.506. The Morgan fingerprint density at radius 3 is 2.26 bits per heavy atom. The van der Waals surface area contributed by atoms with Crippen molar-refractivity contribution in [1.82, 2.24) is 0 Å². The average molecular weight is 257 g/mol. The fourth-order valence-corrected chi connectivity index (χ4v) is 2.17. The molecule has 1 aromatic heterocycles. The summed E-state index contributed by atoms with van der Waals surface area (Å²) in [5.74, 6) is 0.897. The van der Waals surface area contributed by atoms with E-state index in [2.05, 4.69) is 45.0 Å². The zero-order chi connectivity index (χ0) is 14.0. The number of benzene rings is 1. The largest absolute Gasteiger partial charge is 0.469 e. The van der Waals surface area contributed by atoms with Crippen LogP contribution in [-0.4, -0.2) is 0 Å². The third-order valence-corrected chi connectivity index (χ3v) is 4.05. The van der Waals surface area contributed by atoms with Gasteiger partial charge in [-0.2, -0.15) is 0 Å². The van der Waals surface area contributed by atoms with Crippen molar-refractivity contribution in [2.75, 3.05) is 0 Å². The van der Waals surface area contributed by atoms with Gasteiger partial charge in [0.15, 0.2) is 0 Å². The molecular formula is C17H23NO. The number of hydrogen-bond donors (Lipinski definition) is 1. The molecule has 0 aliphatic heterocycles. The van der Waals surface area contributed by atoms with E-state index in [1.165, 1.54) is 5.56 Å². The molecule has 1 unspecified atom stereocenters. The van der Waals surface area contributed by atoms with Crippen molar-refractivity contribution in [3.63, 3.8) is 0 Å². The van der Waals surface area contributed by atoms with Gasteiger partial charge in [-0.3, -0.25) is 0 Å². The third-order valence-electron chi connectivity index (χ3n) is 4.05. The molecule has 0 radical (unpaired) electrons. The van der Waals surface area contributed by atoms with Crippen LogP contribution in [0.25, 0.3) is 0 Å². The van der Waals surface area contributed by atoms with Crippen LogP contribution in [0.1, 0.15) is 55.7 Å². The van der Waals surface area contributed by atoms with E-state index in [9.17, 15) is 0 Å². The summed E-state index contributed by atoms with van der Waals surface area (Å²) < 4.78 is 5.32. The fourth-order valence-electron chi connectivity index (χ4n) is 2.17. The lowest BCUT2D eigenvalue weighted by Crippen LogP contribution is -2.16. The van der Waals surface area contributed by atoms with Crippen LogP contribution in [0.3, 0.4) is 0 Å². The van der Waals surface area contributed by atoms with Crippen LogP contribution in [0.2, 0.25) is 0 Å². The monoisotopic (exact) mass is 257 g/mol. The molecule has 0 saturated heterocycles. The summed E-state index contributed by atoms with van der Waals surface area (Å²) >= 11 is 0. The molecule has 0 saturated carbocycles. The van der Waals surface area contributed by atoms with E-state index in [4.69, 9.17) is 10.2 Å². The zero-order valence-electron chi connectivity index (χ0n) is 12.2. The maximum absolute atomic E-state index is 6.26. The van der Waals surface area contributed by atoms with Crippen molar-refractivity contribution in [3.05, 3.63) is 59.0 Å². The van der Waals surface area contributed by atoms with Gasteiger partial charge in [0.2, 0.25) is 0 Å². The van der Waals surface area contributed by atoms with Crippen LogP contribution in [0.15, 0.2) is 41.0 Å². The van der Waals surface area contributed by atoms with Crippen molar-refractivity contribution >= 4 is 0 Å². The maximum atomic E-state index is 6.26. The third kappa shape index (κ3) is 2.90. The summed E-state index contributed by atoms with van der Waals surface area (Å²) in [7, 11) is 0. The molecule has 2 nitrogen and oxygen atoms in total. The van der Waals surface area contributed by atoms with Crippen molar-refractivity contribution < 1.29 is 4.42 Å². The summed E-state index contributed by atoms with van der Waals surface area (Å²) in [6.07, 6.45) is 2.86. The molecular weight excluding hydrogens is 234 g/mol. The van der Waals surface area contributed by atoms with E-state index in [1.807, 2.05) is 13.0 Å². The Morgan fingerprint density at radius 1 is 1.16 bits per heavy atom. The Hall–Kier alpha value is -1.54. The average Bonchev–Trinajstić information content (AvgIpc) is 2.85. The summed E-state index contributed by atoms with van der Waals surface area (Å²) in [6.45, 7) is 8.68. The van der Waals surface area contributed by atoms with Crippen LogP contribution in [0, 0.1) is 6.92 Å². The molecule has 1 atom stereocenters. The predicted molar refractivity (Wildman–Crippen MR) is 79.2 cm³/mol. The first-order valence-electron chi connectivity index (χ1n) is 6.85. The minimum absolute atomic E-state index is 0.115. The van der Waals surface area contributed by atoms with Crippen LogP contribution in [-0.2, 0) is 5.41 Å². The normalized spacial score (nSPS) is 13.5. The molecule has 1 aromatic carbocycles. The summed E-state index contributed by atoms with van der Waals surface area (Å²) in [5, 5.41) is 0. The van der Waals surface area contributed by atoms with Gasteiger partial charge in [0.1, 0.15) is 5.76 Å². The SMILES string of the molecule is CCC(C)(C)c1ccc(C(N)c2coc(C)c2)cc1. The quantitative estimate of drug-likeness (QED) is 0.885. The van der Waals surface area contributed by atoms with Gasteiger partial charge in [-0.25, -0.2) is 0 Å². The smallest absolute Gasteiger partial charge is 0.101 e. The molecule has 1 heterocycles. The molecule has 2 aromatic rings. The highest BCUT2D eigenvalue weighted by Gasteiger charge is 2.18. The standard InChI is InChI=1S/C17H23NO/c1-5-17(3,4)15-8-6-13(7-9-15)16(18)14-10-12(2)19-11-14/h6-11,16H,5,18H2,1-4H3. The van der Waals surface area contributed by atoms with Gasteiger partial charge >= 0.3 is 0 Å². The lowest BCUT2D eigenvalue weighted by atomic mass is 9.81. The van der Waals surface area contributed by atoms with Crippen molar-refractivity contribution in [1.29, 1.82) is 0 Å². The Balaban J connectivity index is 2.23. The highest BCUT2D eigenvalue weighted by atomic mass is 16.3. The molecule has 0 amide bonds. The van der Waals surface area contributed by atoms with Crippen LogP contribution in [0.5, 0.6) is 0 Å². The number of rotatable bonds is 4. The van der Waals surface area contributed by atoms with Gasteiger partial charge in [0, 0.05) is 5.56 Å². The minimum Gasteiger partial charge on any atom is -0.469 e. The Labute approximate surface area is 115 Å². The highest BCUT2D eigenvalue weighted by Crippen LogP contribution is 2.28. The number of aryl methyl sites for hydroxylation is 1. The van der Waals surface area contributed by atoms with E-state index in [0.717, 1.165) is 23.3 Å². The van der Waals surface area contributed by atoms with Gasteiger partial charge in [-0.05, 0) is 36.0 Å². The van der Waals surface area contributed by atoms with E-state index in [1.54, 1.807) is 6.26 Å². The van der Waals surface area contributed by atoms with Gasteiger partial charge in [-0.15, -0.1) is 0 Å². The van der Waals surface area contributed by atoms with Gasteiger partial charge in [0.05, 0.1) is 12.3 Å². The minimum atomic E-state index is -0.115. The van der Waals surface area contributed by atoms with Crippen molar-refractivity contribution in [3.8, 4) is 0 Å². The molecule has 0 fully saturated rings. The molecule has 102 valence electrons.